The van der Waals surface area contributed by atoms with Crippen molar-refractivity contribution in [2.75, 3.05) is 45.8 Å². The number of hydrogen-bond donors (Lipinski definition) is 0. The molecule has 1 aromatic heterocycles. The molecule has 330 valence electrons. The second-order valence-corrected chi connectivity index (χ2v) is 20.7. The van der Waals surface area contributed by atoms with Gasteiger partial charge in [0.05, 0.1) is 0 Å². The molecule has 17 rings (SSSR count). The van der Waals surface area contributed by atoms with Gasteiger partial charge in [0, 0.05) is 107 Å². The maximum absolute atomic E-state index is 7.21. The first kappa shape index (κ1) is 37.5. The number of rotatable bonds is 2. The third-order valence-electron chi connectivity index (χ3n) is 17.1. The lowest BCUT2D eigenvalue weighted by molar-refractivity contribution is 0.486. The molecule has 0 saturated heterocycles. The molecule has 0 radical (unpaired) electrons. The summed E-state index contributed by atoms with van der Waals surface area (Å²) in [6.07, 6.45) is 8.92. The smallest absolute Gasteiger partial charge is 0.256 e. The number of furan rings is 1. The van der Waals surface area contributed by atoms with Crippen molar-refractivity contribution >= 4 is 114 Å². The van der Waals surface area contributed by atoms with Crippen molar-refractivity contribution in [3.63, 3.8) is 0 Å². The van der Waals surface area contributed by atoms with Gasteiger partial charge in [0.1, 0.15) is 34.2 Å². The lowest BCUT2D eigenvalue weighted by Crippen LogP contribution is -2.61. The minimum Gasteiger partial charge on any atom is -0.458 e. The van der Waals surface area contributed by atoms with Gasteiger partial charge in [0.15, 0.2) is 0 Å². The highest BCUT2D eigenvalue weighted by atomic mass is 16.5. The monoisotopic (exact) mass is 892 g/mol. The summed E-state index contributed by atoms with van der Waals surface area (Å²) in [6.45, 7) is 4.01. The van der Waals surface area contributed by atoms with Gasteiger partial charge in [-0.15, -0.1) is 0 Å². The first-order chi connectivity index (χ1) is 34.2. The van der Waals surface area contributed by atoms with Crippen molar-refractivity contribution in [2.45, 2.75) is 51.4 Å². The third-order valence-corrected chi connectivity index (χ3v) is 17.1. The molecule has 8 aromatic carbocycles. The molecule has 0 aliphatic carbocycles. The minimum atomic E-state index is 0.0247. The summed E-state index contributed by atoms with van der Waals surface area (Å²) < 4.78 is 21.4. The number of hydrogen-bond acceptors (Lipinski definition) is 7. The van der Waals surface area contributed by atoms with E-state index in [-0.39, 0.29) is 13.4 Å². The van der Waals surface area contributed by atoms with E-state index in [0.29, 0.717) is 0 Å². The average Bonchev–Trinajstić information content (AvgIpc) is 3.74. The predicted octanol–water partition coefficient (Wildman–Crippen LogP) is 9.79. The summed E-state index contributed by atoms with van der Waals surface area (Å²) in [5.74, 6) is 3.64. The molecule has 9 heteroatoms. The van der Waals surface area contributed by atoms with Crippen LogP contribution in [0.4, 0.5) is 45.5 Å². The SMILES string of the molecule is c1ccc2c(c1)CCCN2c1cc2c3c(c1)N1CCCc4cccc(c41)B3c1cc3c(cc1O2)oc1cc2c(cc13)B1c3cccc4c3N(CCC4)c3cc(N4CCCc5ccccc54)cc(c31)O2. The Morgan fingerprint density at radius 1 is 0.362 bits per heavy atom. The first-order valence-corrected chi connectivity index (χ1v) is 25.4. The Labute approximate surface area is 401 Å². The van der Waals surface area contributed by atoms with E-state index in [1.165, 1.54) is 101 Å². The first-order valence-electron chi connectivity index (χ1n) is 25.4. The Hall–Kier alpha value is -7.51. The van der Waals surface area contributed by atoms with Gasteiger partial charge in [-0.1, -0.05) is 84.9 Å². The van der Waals surface area contributed by atoms with Gasteiger partial charge in [-0.05, 0) is 131 Å². The van der Waals surface area contributed by atoms with Crippen molar-refractivity contribution in [2.24, 2.45) is 0 Å². The summed E-state index contributed by atoms with van der Waals surface area (Å²) in [7, 11) is 0. The van der Waals surface area contributed by atoms with Gasteiger partial charge < -0.3 is 33.5 Å². The Kier molecular flexibility index (Phi) is 7.38. The van der Waals surface area contributed by atoms with E-state index in [1.54, 1.807) is 0 Å². The fraction of sp³-hybridized carbons (Fsp3) is 0.200. The van der Waals surface area contributed by atoms with E-state index in [2.05, 4.69) is 153 Å². The van der Waals surface area contributed by atoms with Crippen LogP contribution in [0.3, 0.4) is 0 Å². The minimum absolute atomic E-state index is 0.0247. The Balaban J connectivity index is 0.854. The van der Waals surface area contributed by atoms with Crippen LogP contribution in [0.15, 0.2) is 138 Å². The second-order valence-electron chi connectivity index (χ2n) is 20.7. The van der Waals surface area contributed by atoms with Crippen LogP contribution in [0.5, 0.6) is 23.0 Å². The molecule has 9 aromatic rings. The van der Waals surface area contributed by atoms with Crippen molar-refractivity contribution in [1.29, 1.82) is 0 Å². The van der Waals surface area contributed by atoms with Crippen LogP contribution < -0.4 is 61.9 Å². The zero-order valence-electron chi connectivity index (χ0n) is 38.4. The van der Waals surface area contributed by atoms with Crippen LogP contribution in [0.1, 0.15) is 47.9 Å². The van der Waals surface area contributed by atoms with E-state index in [1.807, 2.05) is 0 Å². The number of anilines is 8. The number of nitrogens with zero attached hydrogens (tertiary/aromatic N) is 4. The summed E-state index contributed by atoms with van der Waals surface area (Å²) in [4.78, 5) is 10.3. The quantitative estimate of drug-likeness (QED) is 0.160. The summed E-state index contributed by atoms with van der Waals surface area (Å²) >= 11 is 0. The van der Waals surface area contributed by atoms with E-state index in [4.69, 9.17) is 13.9 Å². The molecule has 0 saturated carbocycles. The maximum Gasteiger partial charge on any atom is 0.256 e. The molecule has 0 unspecified atom stereocenters. The fourth-order valence-electron chi connectivity index (χ4n) is 14.3. The van der Waals surface area contributed by atoms with E-state index < -0.39 is 0 Å². The number of ether oxygens (including phenoxy) is 2. The lowest BCUT2D eigenvalue weighted by atomic mass is 9.33. The Bertz CT molecular complexity index is 3540. The van der Waals surface area contributed by atoms with Gasteiger partial charge in [0.2, 0.25) is 0 Å². The maximum atomic E-state index is 7.21. The normalized spacial score (nSPS) is 17.2. The third kappa shape index (κ3) is 5.05. The van der Waals surface area contributed by atoms with E-state index in [9.17, 15) is 0 Å². The summed E-state index contributed by atoms with van der Waals surface area (Å²) in [6, 6.07) is 50.6. The standard InChI is InChI=1S/C60H46B2N4O3/c1-3-21-47-35(11-1)15-7-23-63(47)39-27-49-57-55(29-39)68-53-33-51-41(31-45(53)61(57)43-19-5-13-37-17-9-25-65(49)59(37)43)42-32-46-54(34-52(42)67-51)69-56-30-40(64-24-8-16-36-12-2-4-22-48(36)64)28-50-58(56)62(46)44-20-6-14-38-18-10-26-66(50)60(38)44/h1-6,11-14,19-22,27-34H,7-10,15-18,23-26H2. The molecule has 9 heterocycles. The lowest BCUT2D eigenvalue weighted by Gasteiger charge is -2.44. The molecular formula is C60H46B2N4O3. The number of para-hydroxylation sites is 4. The summed E-state index contributed by atoms with van der Waals surface area (Å²) in [5.41, 5.74) is 25.4. The van der Waals surface area contributed by atoms with E-state index >= 15 is 0 Å². The van der Waals surface area contributed by atoms with Crippen LogP contribution in [0.25, 0.3) is 21.9 Å². The van der Waals surface area contributed by atoms with Gasteiger partial charge in [-0.3, -0.25) is 0 Å². The van der Waals surface area contributed by atoms with Gasteiger partial charge in [-0.25, -0.2) is 0 Å². The highest BCUT2D eigenvalue weighted by Crippen LogP contribution is 2.48. The molecule has 0 amide bonds. The zero-order valence-corrected chi connectivity index (χ0v) is 38.4. The predicted molar refractivity (Wildman–Crippen MR) is 283 cm³/mol. The average molecular weight is 893 g/mol. The molecular weight excluding hydrogens is 846 g/mol. The molecule has 0 bridgehead atoms. The van der Waals surface area contributed by atoms with E-state index in [0.717, 1.165) is 122 Å². The van der Waals surface area contributed by atoms with Gasteiger partial charge in [-0.2, -0.15) is 0 Å². The number of fused-ring (bicyclic) bond motifs is 13. The number of aryl methyl sites for hydroxylation is 4. The highest BCUT2D eigenvalue weighted by Gasteiger charge is 2.46. The molecule has 0 atom stereocenters. The summed E-state index contributed by atoms with van der Waals surface area (Å²) in [5, 5.41) is 2.23. The number of benzene rings is 8. The Morgan fingerprint density at radius 2 is 0.797 bits per heavy atom. The van der Waals surface area contributed by atoms with Crippen molar-refractivity contribution in [1.82, 2.24) is 0 Å². The van der Waals surface area contributed by atoms with Crippen LogP contribution in [0.2, 0.25) is 0 Å². The van der Waals surface area contributed by atoms with Crippen LogP contribution >= 0.6 is 0 Å². The molecule has 8 aliphatic rings. The zero-order chi connectivity index (χ0) is 44.6. The molecule has 0 fully saturated rings. The van der Waals surface area contributed by atoms with Crippen LogP contribution in [0, 0.1) is 0 Å². The second kappa shape index (κ2) is 13.6. The van der Waals surface area contributed by atoms with Crippen molar-refractivity contribution in [3.8, 4) is 23.0 Å². The molecule has 8 aliphatic heterocycles. The van der Waals surface area contributed by atoms with Gasteiger partial charge in [0.25, 0.3) is 13.4 Å². The molecule has 0 N–H and O–H groups in total. The molecule has 69 heavy (non-hydrogen) atoms. The van der Waals surface area contributed by atoms with Gasteiger partial charge >= 0.3 is 0 Å². The van der Waals surface area contributed by atoms with Crippen LogP contribution in [-0.4, -0.2) is 39.6 Å². The van der Waals surface area contributed by atoms with Crippen molar-refractivity contribution in [3.05, 3.63) is 156 Å². The Morgan fingerprint density at radius 3 is 1.29 bits per heavy atom. The van der Waals surface area contributed by atoms with Crippen LogP contribution in [-0.2, 0) is 25.7 Å². The highest BCUT2D eigenvalue weighted by molar-refractivity contribution is 7.00. The van der Waals surface area contributed by atoms with Crippen molar-refractivity contribution < 1.29 is 13.9 Å². The largest absolute Gasteiger partial charge is 0.458 e. The molecule has 7 nitrogen and oxygen atoms in total. The molecule has 0 spiro atoms. The topological polar surface area (TPSA) is 44.6 Å². The fourth-order valence-corrected chi connectivity index (χ4v) is 14.3.